The second kappa shape index (κ2) is 6.68. The molecule has 2 aromatic carbocycles. The summed E-state index contributed by atoms with van der Waals surface area (Å²) in [4.78, 5) is 25.9. The molecule has 9 heteroatoms. The number of hydrogen-bond acceptors (Lipinski definition) is 5. The van der Waals surface area contributed by atoms with Crippen molar-refractivity contribution in [2.24, 2.45) is 5.73 Å². The van der Waals surface area contributed by atoms with Crippen LogP contribution in [-0.4, -0.2) is 41.2 Å². The molecule has 1 aromatic heterocycles. The molecule has 28 heavy (non-hydrogen) atoms. The summed E-state index contributed by atoms with van der Waals surface area (Å²) in [5.74, 6) is -3.10. The first-order valence-electron chi connectivity index (χ1n) is 8.32. The molecule has 1 heterocycles. The number of hydrogen-bond donors (Lipinski definition) is 4. The fraction of sp³-hybridized carbons (Fsp3) is 0.158. The molecule has 0 atom stereocenters. The number of aromatic nitrogens is 1. The van der Waals surface area contributed by atoms with Gasteiger partial charge < -0.3 is 20.9 Å². The Morgan fingerprint density at radius 3 is 2.43 bits per heavy atom. The van der Waals surface area contributed by atoms with Crippen LogP contribution in [0.2, 0.25) is 0 Å². The van der Waals surface area contributed by atoms with E-state index in [0.717, 1.165) is 17.7 Å². The summed E-state index contributed by atoms with van der Waals surface area (Å²) in [5.41, 5.74) is 6.08. The number of aromatic hydroxyl groups is 1. The number of carbonyl (C=O) groups excluding carboxylic acids is 1. The number of nitrogens with one attached hydrogen (secondary N) is 1. The summed E-state index contributed by atoms with van der Waals surface area (Å²) >= 11 is 0. The van der Waals surface area contributed by atoms with Gasteiger partial charge in [0, 0.05) is 22.0 Å². The van der Waals surface area contributed by atoms with Gasteiger partial charge in [-0.1, -0.05) is 18.6 Å². The van der Waals surface area contributed by atoms with Crippen LogP contribution < -0.4 is 5.73 Å². The Labute approximate surface area is 160 Å². The SMILES string of the molecule is CCS(=O)(=O)c1cc(C(N)=O)c(O)cc1-c1c(C(=O)O)[nH]c2ccc(C)cc12. The molecule has 0 aliphatic carbocycles. The molecule has 3 rings (SSSR count). The van der Waals surface area contributed by atoms with Gasteiger partial charge in [-0.15, -0.1) is 0 Å². The molecule has 0 radical (unpaired) electrons. The topological polar surface area (TPSA) is 151 Å². The number of aryl methyl sites for hydroxylation is 1. The number of carboxylic acid groups (broad SMARTS) is 1. The van der Waals surface area contributed by atoms with Crippen molar-refractivity contribution in [2.75, 3.05) is 5.75 Å². The number of nitrogens with two attached hydrogens (primary N) is 1. The zero-order valence-corrected chi connectivity index (χ0v) is 15.9. The van der Waals surface area contributed by atoms with Crippen molar-refractivity contribution in [2.45, 2.75) is 18.7 Å². The fourth-order valence-electron chi connectivity index (χ4n) is 3.12. The van der Waals surface area contributed by atoms with E-state index in [9.17, 15) is 28.2 Å². The average Bonchev–Trinajstić information content (AvgIpc) is 2.99. The van der Waals surface area contributed by atoms with E-state index in [1.54, 1.807) is 18.2 Å². The molecular formula is C19H18N2O6S. The van der Waals surface area contributed by atoms with Crippen molar-refractivity contribution in [3.8, 4) is 16.9 Å². The summed E-state index contributed by atoms with van der Waals surface area (Å²) in [6, 6.07) is 7.25. The Bertz CT molecular complexity index is 1240. The molecule has 0 aliphatic rings. The quantitative estimate of drug-likeness (QED) is 0.515. The third-order valence-corrected chi connectivity index (χ3v) is 6.28. The number of benzene rings is 2. The Morgan fingerprint density at radius 1 is 1.18 bits per heavy atom. The molecule has 8 nitrogen and oxygen atoms in total. The van der Waals surface area contributed by atoms with E-state index in [1.807, 2.05) is 6.92 Å². The van der Waals surface area contributed by atoms with Gasteiger partial charge >= 0.3 is 5.97 Å². The number of fused-ring (bicyclic) bond motifs is 1. The molecule has 0 spiro atoms. The van der Waals surface area contributed by atoms with Crippen LogP contribution in [0.5, 0.6) is 5.75 Å². The molecule has 1 amide bonds. The molecule has 0 unspecified atom stereocenters. The average molecular weight is 402 g/mol. The van der Waals surface area contributed by atoms with Gasteiger partial charge in [-0.25, -0.2) is 13.2 Å². The zero-order chi connectivity index (χ0) is 20.8. The van der Waals surface area contributed by atoms with Crippen molar-refractivity contribution < 1.29 is 28.2 Å². The highest BCUT2D eigenvalue weighted by Gasteiger charge is 2.27. The largest absolute Gasteiger partial charge is 0.507 e. The van der Waals surface area contributed by atoms with Crippen LogP contribution in [-0.2, 0) is 9.84 Å². The van der Waals surface area contributed by atoms with Crippen LogP contribution in [0.25, 0.3) is 22.0 Å². The summed E-state index contributed by atoms with van der Waals surface area (Å²) in [5, 5.41) is 20.4. The second-order valence-corrected chi connectivity index (χ2v) is 8.61. The first-order valence-corrected chi connectivity index (χ1v) is 9.97. The Balaban J connectivity index is 2.53. The van der Waals surface area contributed by atoms with Gasteiger partial charge in [0.05, 0.1) is 16.2 Å². The van der Waals surface area contributed by atoms with Crippen LogP contribution in [0, 0.1) is 6.92 Å². The summed E-state index contributed by atoms with van der Waals surface area (Å²) in [6.07, 6.45) is 0. The van der Waals surface area contributed by atoms with Crippen molar-refractivity contribution >= 4 is 32.6 Å². The predicted octanol–water partition coefficient (Wildman–Crippen LogP) is 2.44. The molecular weight excluding hydrogens is 384 g/mol. The van der Waals surface area contributed by atoms with Crippen LogP contribution in [0.3, 0.4) is 0 Å². The van der Waals surface area contributed by atoms with Crippen molar-refractivity contribution in [1.82, 2.24) is 4.98 Å². The molecule has 0 saturated heterocycles. The number of H-pyrrole nitrogens is 1. The zero-order valence-electron chi connectivity index (χ0n) is 15.1. The molecule has 0 saturated carbocycles. The Hall–Kier alpha value is -3.33. The number of sulfone groups is 1. The number of rotatable bonds is 5. The third-order valence-electron chi connectivity index (χ3n) is 4.52. The fourth-order valence-corrected chi connectivity index (χ4v) is 4.22. The lowest BCUT2D eigenvalue weighted by Crippen LogP contribution is -2.14. The maximum atomic E-state index is 12.7. The Kier molecular flexibility index (Phi) is 4.64. The van der Waals surface area contributed by atoms with Crippen LogP contribution in [0.1, 0.15) is 33.3 Å². The van der Waals surface area contributed by atoms with Gasteiger partial charge in [0.15, 0.2) is 9.84 Å². The third kappa shape index (κ3) is 3.09. The van der Waals surface area contributed by atoms with Crippen LogP contribution in [0.15, 0.2) is 35.2 Å². The summed E-state index contributed by atoms with van der Waals surface area (Å²) in [7, 11) is -3.87. The molecule has 146 valence electrons. The summed E-state index contributed by atoms with van der Waals surface area (Å²) < 4.78 is 25.4. The van der Waals surface area contributed by atoms with E-state index < -0.39 is 27.5 Å². The molecule has 0 bridgehead atoms. The number of aromatic amines is 1. The minimum Gasteiger partial charge on any atom is -0.507 e. The van der Waals surface area contributed by atoms with Gasteiger partial charge in [-0.2, -0.15) is 0 Å². The van der Waals surface area contributed by atoms with Gasteiger partial charge in [-0.05, 0) is 31.2 Å². The number of amides is 1. The minimum atomic E-state index is -3.87. The maximum absolute atomic E-state index is 12.7. The predicted molar refractivity (Wildman–Crippen MR) is 103 cm³/mol. The number of carboxylic acids is 1. The standard InChI is InChI=1S/C19H18N2O6S/c1-3-28(26,27)15-8-11(18(20)23)14(22)7-12(15)16-10-6-9(2)4-5-13(10)21-17(16)19(24)25/h4-8,21-22H,3H2,1-2H3,(H2,20,23)(H,24,25). The van der Waals surface area contributed by atoms with Gasteiger partial charge in [-0.3, -0.25) is 4.79 Å². The highest BCUT2D eigenvalue weighted by atomic mass is 32.2. The number of carbonyl (C=O) groups is 2. The maximum Gasteiger partial charge on any atom is 0.352 e. The minimum absolute atomic E-state index is 0.0152. The van der Waals surface area contributed by atoms with Crippen molar-refractivity contribution in [1.29, 1.82) is 0 Å². The number of aromatic carboxylic acids is 1. The summed E-state index contributed by atoms with van der Waals surface area (Å²) in [6.45, 7) is 3.24. The van der Waals surface area contributed by atoms with Crippen LogP contribution >= 0.6 is 0 Å². The first-order chi connectivity index (χ1) is 13.1. The van der Waals surface area contributed by atoms with Gasteiger partial charge in [0.2, 0.25) is 0 Å². The lowest BCUT2D eigenvalue weighted by molar-refractivity contribution is 0.0692. The van der Waals surface area contributed by atoms with E-state index >= 15 is 0 Å². The van der Waals surface area contributed by atoms with E-state index in [0.29, 0.717) is 10.9 Å². The molecule has 0 aliphatic heterocycles. The van der Waals surface area contributed by atoms with Crippen LogP contribution in [0.4, 0.5) is 0 Å². The van der Waals surface area contributed by atoms with Gasteiger partial charge in [0.25, 0.3) is 5.91 Å². The van der Waals surface area contributed by atoms with E-state index in [4.69, 9.17) is 5.73 Å². The molecule has 0 fully saturated rings. The van der Waals surface area contributed by atoms with Crippen molar-refractivity contribution in [3.05, 3.63) is 47.2 Å². The number of primary amides is 1. The highest BCUT2D eigenvalue weighted by molar-refractivity contribution is 7.91. The Morgan fingerprint density at radius 2 is 1.86 bits per heavy atom. The highest BCUT2D eigenvalue weighted by Crippen LogP contribution is 2.40. The van der Waals surface area contributed by atoms with E-state index in [2.05, 4.69) is 4.98 Å². The lowest BCUT2D eigenvalue weighted by atomic mass is 9.98. The van der Waals surface area contributed by atoms with E-state index in [-0.39, 0.29) is 33.0 Å². The number of phenols is 1. The monoisotopic (exact) mass is 402 g/mol. The second-order valence-electron chi connectivity index (χ2n) is 6.36. The first kappa shape index (κ1) is 19.4. The van der Waals surface area contributed by atoms with E-state index in [1.165, 1.54) is 6.92 Å². The normalized spacial score (nSPS) is 11.6. The van der Waals surface area contributed by atoms with Gasteiger partial charge in [0.1, 0.15) is 11.4 Å². The van der Waals surface area contributed by atoms with Crippen molar-refractivity contribution in [3.63, 3.8) is 0 Å². The smallest absolute Gasteiger partial charge is 0.352 e. The molecule has 5 N–H and O–H groups in total. The molecule has 3 aromatic rings. The lowest BCUT2D eigenvalue weighted by Gasteiger charge is -2.13.